The Labute approximate surface area is 216 Å². The van der Waals surface area contributed by atoms with Crippen molar-refractivity contribution in [3.8, 4) is 5.75 Å². The molecule has 0 bridgehead atoms. The highest BCUT2D eigenvalue weighted by Gasteiger charge is 2.25. The number of nitro benzene ring substituents is 1. The number of aromatic nitrogens is 3. The maximum Gasteiger partial charge on any atom is 0.271 e. The minimum absolute atomic E-state index is 0.00672. The van der Waals surface area contributed by atoms with Gasteiger partial charge in [-0.25, -0.2) is 0 Å². The van der Waals surface area contributed by atoms with Crippen LogP contribution in [0.5, 0.6) is 5.75 Å². The lowest BCUT2D eigenvalue weighted by atomic mass is 10.0. The molecule has 1 atom stereocenters. The third kappa shape index (κ3) is 6.52. The summed E-state index contributed by atoms with van der Waals surface area (Å²) in [7, 11) is 3.31. The highest BCUT2D eigenvalue weighted by Crippen LogP contribution is 2.28. The minimum Gasteiger partial charge on any atom is -0.497 e. The van der Waals surface area contributed by atoms with E-state index in [0.717, 1.165) is 11.8 Å². The summed E-state index contributed by atoms with van der Waals surface area (Å²) in [5.74, 6) is 0.486. The van der Waals surface area contributed by atoms with Gasteiger partial charge >= 0.3 is 0 Å². The van der Waals surface area contributed by atoms with Gasteiger partial charge in [0, 0.05) is 24.7 Å². The van der Waals surface area contributed by atoms with E-state index in [-0.39, 0.29) is 34.0 Å². The molecule has 36 heavy (non-hydrogen) atoms. The molecule has 1 unspecified atom stereocenters. The number of halogens is 1. The second-order valence-corrected chi connectivity index (χ2v) is 9.43. The van der Waals surface area contributed by atoms with Crippen molar-refractivity contribution < 1.29 is 19.2 Å². The third-order valence-corrected chi connectivity index (χ3v) is 6.57. The standard InChI is InChI=1S/C23H25ClN6O5S/c1-13(2)20(26-22(32)14-5-8-16(35-4)9-6-14)21-27-28-23(29(21)3)36-12-19(31)25-18-11-15(30(33)34)7-10-17(18)24/h5-11,13,20H,12H2,1-4H3,(H,25,31)(H,26,32). The van der Waals surface area contributed by atoms with E-state index in [4.69, 9.17) is 16.3 Å². The zero-order valence-electron chi connectivity index (χ0n) is 20.0. The van der Waals surface area contributed by atoms with Gasteiger partial charge < -0.3 is 19.9 Å². The Morgan fingerprint density at radius 2 is 1.89 bits per heavy atom. The van der Waals surface area contributed by atoms with E-state index < -0.39 is 16.9 Å². The molecule has 2 aromatic carbocycles. The number of hydrogen-bond acceptors (Lipinski definition) is 8. The fraction of sp³-hybridized carbons (Fsp3) is 0.304. The number of amides is 2. The van der Waals surface area contributed by atoms with Crippen LogP contribution in [0.1, 0.15) is 36.1 Å². The topological polar surface area (TPSA) is 141 Å². The van der Waals surface area contributed by atoms with Gasteiger partial charge in [0.2, 0.25) is 5.91 Å². The number of nitrogens with zero attached hydrogens (tertiary/aromatic N) is 4. The Bertz CT molecular complexity index is 1260. The summed E-state index contributed by atoms with van der Waals surface area (Å²) >= 11 is 7.18. The van der Waals surface area contributed by atoms with Gasteiger partial charge in [0.15, 0.2) is 11.0 Å². The van der Waals surface area contributed by atoms with Crippen molar-refractivity contribution in [3.05, 3.63) is 69.0 Å². The number of hydrogen-bond donors (Lipinski definition) is 2. The minimum atomic E-state index is -0.569. The van der Waals surface area contributed by atoms with Crippen molar-refractivity contribution in [2.24, 2.45) is 13.0 Å². The van der Waals surface area contributed by atoms with Gasteiger partial charge in [-0.15, -0.1) is 10.2 Å². The van der Waals surface area contributed by atoms with Gasteiger partial charge in [-0.05, 0) is 36.2 Å². The fourth-order valence-corrected chi connectivity index (χ4v) is 4.14. The SMILES string of the molecule is COc1ccc(C(=O)NC(c2nnc(SCC(=O)Nc3cc([N+](=O)[O-])ccc3Cl)n2C)C(C)C)cc1. The number of non-ortho nitro benzene ring substituents is 1. The first-order valence-corrected chi connectivity index (χ1v) is 12.2. The zero-order chi connectivity index (χ0) is 26.4. The second-order valence-electron chi connectivity index (χ2n) is 8.08. The van der Waals surface area contributed by atoms with E-state index >= 15 is 0 Å². The number of ether oxygens (including phenoxy) is 1. The average molecular weight is 533 g/mol. The van der Waals surface area contributed by atoms with Crippen molar-refractivity contribution in [1.29, 1.82) is 0 Å². The molecule has 0 aliphatic rings. The summed E-state index contributed by atoms with van der Waals surface area (Å²) in [6, 6.07) is 10.2. The highest BCUT2D eigenvalue weighted by molar-refractivity contribution is 7.99. The number of carbonyl (C=O) groups is 2. The van der Waals surface area contributed by atoms with Crippen LogP contribution >= 0.6 is 23.4 Å². The van der Waals surface area contributed by atoms with Gasteiger partial charge in [0.05, 0.1) is 34.5 Å². The maximum atomic E-state index is 12.8. The molecule has 3 rings (SSSR count). The summed E-state index contributed by atoms with van der Waals surface area (Å²) in [6.45, 7) is 3.91. The van der Waals surface area contributed by atoms with E-state index in [0.29, 0.717) is 22.3 Å². The number of nitrogens with one attached hydrogen (secondary N) is 2. The van der Waals surface area contributed by atoms with Gasteiger partial charge in [-0.1, -0.05) is 37.2 Å². The number of benzene rings is 2. The van der Waals surface area contributed by atoms with Gasteiger partial charge in [-0.2, -0.15) is 0 Å². The largest absolute Gasteiger partial charge is 0.497 e. The lowest BCUT2D eigenvalue weighted by Gasteiger charge is -2.21. The summed E-state index contributed by atoms with van der Waals surface area (Å²) < 4.78 is 6.85. The van der Waals surface area contributed by atoms with Crippen LogP contribution in [0.2, 0.25) is 5.02 Å². The van der Waals surface area contributed by atoms with Crippen LogP contribution in [0.3, 0.4) is 0 Å². The quantitative estimate of drug-likeness (QED) is 0.224. The Morgan fingerprint density at radius 3 is 2.50 bits per heavy atom. The normalized spacial score (nSPS) is 11.7. The first-order valence-electron chi connectivity index (χ1n) is 10.8. The Hall–Kier alpha value is -3.64. The molecular weight excluding hydrogens is 508 g/mol. The lowest BCUT2D eigenvalue weighted by Crippen LogP contribution is -2.33. The molecule has 2 amide bonds. The molecule has 0 saturated heterocycles. The first kappa shape index (κ1) is 27.0. The molecule has 13 heteroatoms. The Balaban J connectivity index is 1.67. The highest BCUT2D eigenvalue weighted by atomic mass is 35.5. The van der Waals surface area contributed by atoms with E-state index in [1.165, 1.54) is 18.2 Å². The van der Waals surface area contributed by atoms with Crippen LogP contribution in [0.15, 0.2) is 47.6 Å². The molecule has 1 heterocycles. The predicted molar refractivity (Wildman–Crippen MR) is 137 cm³/mol. The van der Waals surface area contributed by atoms with Crippen molar-refractivity contribution in [2.75, 3.05) is 18.2 Å². The molecule has 11 nitrogen and oxygen atoms in total. The second kappa shape index (κ2) is 11.9. The molecule has 0 fully saturated rings. The van der Waals surface area contributed by atoms with Crippen LogP contribution in [0.25, 0.3) is 0 Å². The van der Waals surface area contributed by atoms with Crippen LogP contribution in [-0.4, -0.2) is 44.4 Å². The molecule has 3 aromatic rings. The molecule has 0 saturated carbocycles. The third-order valence-electron chi connectivity index (χ3n) is 5.22. The summed E-state index contributed by atoms with van der Waals surface area (Å²) in [5.41, 5.74) is 0.447. The predicted octanol–water partition coefficient (Wildman–Crippen LogP) is 4.24. The van der Waals surface area contributed by atoms with Crippen molar-refractivity contribution in [2.45, 2.75) is 25.0 Å². The summed E-state index contributed by atoms with van der Waals surface area (Å²) in [5, 5.41) is 25.6. The number of rotatable bonds is 10. The fourth-order valence-electron chi connectivity index (χ4n) is 3.26. The van der Waals surface area contributed by atoms with E-state index in [1.807, 2.05) is 13.8 Å². The molecule has 190 valence electrons. The molecule has 0 spiro atoms. The van der Waals surface area contributed by atoms with Gasteiger partial charge in [-0.3, -0.25) is 19.7 Å². The van der Waals surface area contributed by atoms with Gasteiger partial charge in [0.25, 0.3) is 11.6 Å². The zero-order valence-corrected chi connectivity index (χ0v) is 21.6. The number of methoxy groups -OCH3 is 1. The maximum absolute atomic E-state index is 12.8. The van der Waals surface area contributed by atoms with Crippen LogP contribution in [0, 0.1) is 16.0 Å². The van der Waals surface area contributed by atoms with Gasteiger partial charge in [0.1, 0.15) is 5.75 Å². The molecule has 0 aliphatic carbocycles. The van der Waals surface area contributed by atoms with Crippen molar-refractivity contribution in [3.63, 3.8) is 0 Å². The van der Waals surface area contributed by atoms with Crippen molar-refractivity contribution >= 4 is 46.6 Å². The summed E-state index contributed by atoms with van der Waals surface area (Å²) in [4.78, 5) is 35.7. The average Bonchev–Trinajstić information content (AvgIpc) is 3.21. The number of nitro groups is 1. The molecule has 1 aromatic heterocycles. The van der Waals surface area contributed by atoms with Crippen LogP contribution in [-0.2, 0) is 11.8 Å². The van der Waals surface area contributed by atoms with E-state index in [9.17, 15) is 19.7 Å². The molecule has 2 N–H and O–H groups in total. The van der Waals surface area contributed by atoms with Crippen molar-refractivity contribution in [1.82, 2.24) is 20.1 Å². The number of anilines is 1. The van der Waals surface area contributed by atoms with E-state index in [2.05, 4.69) is 20.8 Å². The monoisotopic (exact) mass is 532 g/mol. The first-order chi connectivity index (χ1) is 17.1. The molecule has 0 aliphatic heterocycles. The number of carbonyl (C=O) groups excluding carboxylic acids is 2. The molecular formula is C23H25ClN6O5S. The van der Waals surface area contributed by atoms with Crippen LogP contribution in [0.4, 0.5) is 11.4 Å². The molecule has 0 radical (unpaired) electrons. The summed E-state index contributed by atoms with van der Waals surface area (Å²) in [6.07, 6.45) is 0. The Kier molecular flexibility index (Phi) is 8.88. The Morgan fingerprint density at radius 1 is 1.19 bits per heavy atom. The smallest absolute Gasteiger partial charge is 0.271 e. The van der Waals surface area contributed by atoms with E-state index in [1.54, 1.807) is 43.0 Å². The lowest BCUT2D eigenvalue weighted by molar-refractivity contribution is -0.384. The number of thioether (sulfide) groups is 1. The van der Waals surface area contributed by atoms with Crippen LogP contribution < -0.4 is 15.4 Å².